The molecule has 0 spiro atoms. The zero-order valence-corrected chi connectivity index (χ0v) is 17.5. The van der Waals surface area contributed by atoms with Crippen LogP contribution in [0.15, 0.2) is 45.9 Å². The Labute approximate surface area is 188 Å². The number of hydrogen-bond donors (Lipinski definition) is 1. The number of halogens is 10. The Balaban J connectivity index is 2.14. The van der Waals surface area contributed by atoms with Gasteiger partial charge in [-0.05, 0) is 57.4 Å². The molecule has 0 radical (unpaired) electrons. The maximum atomic E-state index is 14.2. The van der Waals surface area contributed by atoms with E-state index in [0.29, 0.717) is 0 Å². The topological polar surface area (TPSA) is 49.7 Å². The van der Waals surface area contributed by atoms with Crippen LogP contribution in [0.1, 0.15) is 39.0 Å². The number of aromatic carboxylic acids is 1. The Kier molecular flexibility index (Phi) is 6.10. The van der Waals surface area contributed by atoms with Crippen LogP contribution >= 0.6 is 15.9 Å². The SMILES string of the molecule is O=C(O)c1ccc(C2=NCC(c3cc(C(F)(F)F)cc(C(F)(F)F)c3)(C(F)(F)F)C2)cc1Br. The van der Waals surface area contributed by atoms with Crippen LogP contribution < -0.4 is 0 Å². The molecule has 3 rings (SSSR count). The highest BCUT2D eigenvalue weighted by Gasteiger charge is 2.59. The third-order valence-corrected chi connectivity index (χ3v) is 5.88. The normalized spacial score (nSPS) is 19.5. The maximum absolute atomic E-state index is 14.2. The Morgan fingerprint density at radius 3 is 1.88 bits per heavy atom. The highest BCUT2D eigenvalue weighted by atomic mass is 79.9. The van der Waals surface area contributed by atoms with Crippen molar-refractivity contribution in [2.24, 2.45) is 4.99 Å². The van der Waals surface area contributed by atoms with Crippen LogP contribution in [0.3, 0.4) is 0 Å². The summed E-state index contributed by atoms with van der Waals surface area (Å²) < 4.78 is 122. The highest BCUT2D eigenvalue weighted by Crippen LogP contribution is 2.50. The Morgan fingerprint density at radius 1 is 0.909 bits per heavy atom. The fraction of sp³-hybridized carbons (Fsp3) is 0.300. The van der Waals surface area contributed by atoms with E-state index >= 15 is 0 Å². The number of nitrogens with zero attached hydrogens (tertiary/aromatic N) is 1. The average Bonchev–Trinajstić information content (AvgIpc) is 3.13. The molecule has 178 valence electrons. The second kappa shape index (κ2) is 8.03. The van der Waals surface area contributed by atoms with Crippen molar-refractivity contribution in [1.29, 1.82) is 0 Å². The lowest BCUT2D eigenvalue weighted by atomic mass is 9.75. The standard InChI is InChI=1S/C20H11BrF9NO2/c21-14-3-9(1-2-13(14)16(32)33)15-7-17(8-31-15,20(28,29)30)10-4-11(18(22,23)24)6-12(5-10)19(25,26)27/h1-6H,7-8H2,(H,32,33). The van der Waals surface area contributed by atoms with Crippen molar-refractivity contribution < 1.29 is 49.4 Å². The van der Waals surface area contributed by atoms with Crippen molar-refractivity contribution >= 4 is 27.6 Å². The summed E-state index contributed by atoms with van der Waals surface area (Å²) in [5.74, 6) is -1.32. The third kappa shape index (κ3) is 4.73. The number of carboxylic acids is 1. The van der Waals surface area contributed by atoms with Gasteiger partial charge in [-0.15, -0.1) is 0 Å². The number of rotatable bonds is 3. The molecule has 13 heteroatoms. The van der Waals surface area contributed by atoms with Gasteiger partial charge >= 0.3 is 24.5 Å². The van der Waals surface area contributed by atoms with Crippen LogP contribution in [0, 0.1) is 0 Å². The minimum atomic E-state index is -5.32. The average molecular weight is 548 g/mol. The van der Waals surface area contributed by atoms with Gasteiger partial charge in [0.05, 0.1) is 23.2 Å². The first-order valence-electron chi connectivity index (χ1n) is 8.89. The molecular weight excluding hydrogens is 537 g/mol. The Morgan fingerprint density at radius 2 is 1.45 bits per heavy atom. The largest absolute Gasteiger partial charge is 0.478 e. The number of benzene rings is 2. The summed E-state index contributed by atoms with van der Waals surface area (Å²) in [6, 6.07) is 3.29. The molecule has 2 aromatic carbocycles. The molecule has 1 heterocycles. The fourth-order valence-electron chi connectivity index (χ4n) is 3.47. The zero-order chi connectivity index (χ0) is 25.0. The smallest absolute Gasteiger partial charge is 0.416 e. The Bertz CT molecular complexity index is 1100. The summed E-state index contributed by atoms with van der Waals surface area (Å²) in [5.41, 5.74) is -8.47. The fourth-order valence-corrected chi connectivity index (χ4v) is 4.02. The molecule has 1 aliphatic rings. The van der Waals surface area contributed by atoms with E-state index in [9.17, 15) is 44.3 Å². The van der Waals surface area contributed by atoms with Crippen LogP contribution in [-0.4, -0.2) is 29.5 Å². The molecule has 1 N–H and O–H groups in total. The molecule has 0 saturated carbocycles. The van der Waals surface area contributed by atoms with Gasteiger partial charge in [0.1, 0.15) is 5.41 Å². The first kappa shape index (κ1) is 25.1. The molecule has 0 aliphatic carbocycles. The van der Waals surface area contributed by atoms with Gasteiger partial charge in [-0.2, -0.15) is 39.5 Å². The molecular formula is C20H11BrF9NO2. The van der Waals surface area contributed by atoms with Crippen molar-refractivity contribution in [1.82, 2.24) is 0 Å². The minimum absolute atomic E-state index is 0.0122. The van der Waals surface area contributed by atoms with Crippen LogP contribution in [0.5, 0.6) is 0 Å². The van der Waals surface area contributed by atoms with Gasteiger partial charge in [0.15, 0.2) is 0 Å². The zero-order valence-electron chi connectivity index (χ0n) is 16.0. The molecule has 2 aromatic rings. The lowest BCUT2D eigenvalue weighted by molar-refractivity contribution is -0.184. The highest BCUT2D eigenvalue weighted by molar-refractivity contribution is 9.10. The number of hydrogen-bond acceptors (Lipinski definition) is 2. The molecule has 0 saturated heterocycles. The first-order chi connectivity index (χ1) is 15.0. The van der Waals surface area contributed by atoms with E-state index in [1.807, 2.05) is 0 Å². The van der Waals surface area contributed by atoms with Crippen LogP contribution in [-0.2, 0) is 17.8 Å². The third-order valence-electron chi connectivity index (χ3n) is 5.22. The predicted octanol–water partition coefficient (Wildman–Crippen LogP) is 6.88. The van der Waals surface area contributed by atoms with E-state index in [2.05, 4.69) is 20.9 Å². The predicted molar refractivity (Wildman–Crippen MR) is 101 cm³/mol. The summed E-state index contributed by atoms with van der Waals surface area (Å²) >= 11 is 2.96. The van der Waals surface area contributed by atoms with E-state index < -0.39 is 59.6 Å². The van der Waals surface area contributed by atoms with Gasteiger partial charge < -0.3 is 5.11 Å². The van der Waals surface area contributed by atoms with E-state index in [1.54, 1.807) is 0 Å². The van der Waals surface area contributed by atoms with E-state index in [0.717, 1.165) is 12.1 Å². The quantitative estimate of drug-likeness (QED) is 0.426. The van der Waals surface area contributed by atoms with Crippen molar-refractivity contribution in [3.05, 3.63) is 68.7 Å². The molecule has 1 atom stereocenters. The summed E-state index contributed by atoms with van der Waals surface area (Å²) in [7, 11) is 0. The van der Waals surface area contributed by atoms with Gasteiger partial charge in [-0.3, -0.25) is 4.99 Å². The van der Waals surface area contributed by atoms with Gasteiger partial charge in [0.2, 0.25) is 0 Å². The summed E-state index contributed by atoms with van der Waals surface area (Å²) in [4.78, 5) is 14.9. The van der Waals surface area contributed by atoms with Gasteiger partial charge in [-0.25, -0.2) is 4.79 Å². The van der Waals surface area contributed by atoms with Crippen molar-refractivity contribution in [3.63, 3.8) is 0 Å². The molecule has 0 amide bonds. The number of carbonyl (C=O) groups is 1. The van der Waals surface area contributed by atoms with Gasteiger partial charge in [0.25, 0.3) is 0 Å². The molecule has 33 heavy (non-hydrogen) atoms. The van der Waals surface area contributed by atoms with Crippen molar-refractivity contribution in [2.45, 2.75) is 30.4 Å². The lowest BCUT2D eigenvalue weighted by Crippen LogP contribution is -2.44. The number of carboxylic acid groups (broad SMARTS) is 1. The van der Waals surface area contributed by atoms with Crippen LogP contribution in [0.2, 0.25) is 0 Å². The second-order valence-electron chi connectivity index (χ2n) is 7.31. The van der Waals surface area contributed by atoms with Crippen molar-refractivity contribution in [3.8, 4) is 0 Å². The molecule has 0 fully saturated rings. The molecule has 0 aromatic heterocycles. The minimum Gasteiger partial charge on any atom is -0.478 e. The van der Waals surface area contributed by atoms with Gasteiger partial charge in [0, 0.05) is 16.6 Å². The van der Waals surface area contributed by atoms with Crippen LogP contribution in [0.25, 0.3) is 0 Å². The van der Waals surface area contributed by atoms with Crippen molar-refractivity contribution in [2.75, 3.05) is 6.54 Å². The Hall–Kier alpha value is -2.57. The maximum Gasteiger partial charge on any atom is 0.416 e. The molecule has 1 aliphatic heterocycles. The number of aliphatic imine (C=N–C) groups is 1. The van der Waals surface area contributed by atoms with E-state index in [4.69, 9.17) is 5.11 Å². The van der Waals surface area contributed by atoms with E-state index in [1.165, 1.54) is 6.07 Å². The van der Waals surface area contributed by atoms with E-state index in [-0.39, 0.29) is 39.5 Å². The van der Waals surface area contributed by atoms with Gasteiger partial charge in [-0.1, -0.05) is 6.07 Å². The summed E-state index contributed by atoms with van der Waals surface area (Å²) in [6.45, 7) is -1.14. The summed E-state index contributed by atoms with van der Waals surface area (Å²) in [6.07, 6.45) is -16.9. The van der Waals surface area contributed by atoms with Crippen LogP contribution in [0.4, 0.5) is 39.5 Å². The molecule has 1 unspecified atom stereocenters. The number of alkyl halides is 9. The second-order valence-corrected chi connectivity index (χ2v) is 8.17. The summed E-state index contributed by atoms with van der Waals surface area (Å²) in [5, 5.41) is 9.05. The molecule has 3 nitrogen and oxygen atoms in total. The molecule has 0 bridgehead atoms. The monoisotopic (exact) mass is 547 g/mol. The first-order valence-corrected chi connectivity index (χ1v) is 9.68. The lowest BCUT2D eigenvalue weighted by Gasteiger charge is -2.32.